The average molecular weight is 280 g/mol. The first-order chi connectivity index (χ1) is 9.01. The molecule has 19 heavy (non-hydrogen) atoms. The predicted octanol–water partition coefficient (Wildman–Crippen LogP) is 3.49. The van der Waals surface area contributed by atoms with E-state index in [1.807, 2.05) is 11.3 Å². The molecule has 0 aliphatic carbocycles. The molecule has 1 aliphatic heterocycles. The summed E-state index contributed by atoms with van der Waals surface area (Å²) >= 11 is 1.89. The van der Waals surface area contributed by atoms with Crippen molar-refractivity contribution in [3.63, 3.8) is 0 Å². The third kappa shape index (κ3) is 3.39. The van der Waals surface area contributed by atoms with Crippen LogP contribution >= 0.6 is 11.3 Å². The van der Waals surface area contributed by atoms with E-state index in [2.05, 4.69) is 55.4 Å². The van der Waals surface area contributed by atoms with Crippen LogP contribution in [0.5, 0.6) is 0 Å². The molecule has 3 heteroatoms. The average Bonchev–Trinajstić information content (AvgIpc) is 2.93. The summed E-state index contributed by atoms with van der Waals surface area (Å²) in [6, 6.07) is 4.45. The van der Waals surface area contributed by atoms with Gasteiger partial charge in [0.05, 0.1) is 0 Å². The molecule has 0 aromatic carbocycles. The van der Waals surface area contributed by atoms with Crippen LogP contribution in [0.25, 0.3) is 0 Å². The Morgan fingerprint density at radius 2 is 2.11 bits per heavy atom. The Morgan fingerprint density at radius 3 is 2.68 bits per heavy atom. The first kappa shape index (κ1) is 15.0. The van der Waals surface area contributed by atoms with Gasteiger partial charge in [0.25, 0.3) is 0 Å². The predicted molar refractivity (Wildman–Crippen MR) is 85.1 cm³/mol. The van der Waals surface area contributed by atoms with Crippen LogP contribution in [0.15, 0.2) is 17.5 Å². The van der Waals surface area contributed by atoms with E-state index < -0.39 is 0 Å². The quantitative estimate of drug-likeness (QED) is 0.888. The Morgan fingerprint density at radius 1 is 1.37 bits per heavy atom. The molecule has 1 aromatic heterocycles. The molecule has 0 unspecified atom stereocenters. The van der Waals surface area contributed by atoms with Crippen molar-refractivity contribution in [1.82, 2.24) is 10.2 Å². The summed E-state index contributed by atoms with van der Waals surface area (Å²) in [7, 11) is 0. The number of rotatable bonds is 5. The summed E-state index contributed by atoms with van der Waals surface area (Å²) in [6.07, 6.45) is 2.44. The van der Waals surface area contributed by atoms with Gasteiger partial charge in [-0.25, -0.2) is 0 Å². The molecule has 1 aromatic rings. The Kier molecular flexibility index (Phi) is 4.70. The summed E-state index contributed by atoms with van der Waals surface area (Å²) in [5.74, 6) is 0. The van der Waals surface area contributed by atoms with E-state index in [9.17, 15) is 0 Å². The molecule has 1 fully saturated rings. The fraction of sp³-hybridized carbons (Fsp3) is 0.750. The highest BCUT2D eigenvalue weighted by Gasteiger charge is 2.34. The number of thiophene rings is 1. The van der Waals surface area contributed by atoms with Crippen molar-refractivity contribution in [1.29, 1.82) is 0 Å². The minimum atomic E-state index is 0.263. The normalized spacial score (nSPS) is 20.6. The van der Waals surface area contributed by atoms with Crippen LogP contribution in [0, 0.1) is 0 Å². The molecule has 2 nitrogen and oxygen atoms in total. The van der Waals surface area contributed by atoms with Crippen LogP contribution in [-0.4, -0.2) is 36.6 Å². The fourth-order valence-corrected chi connectivity index (χ4v) is 4.05. The number of hydrogen-bond donors (Lipinski definition) is 1. The second-order valence-electron chi connectivity index (χ2n) is 6.49. The largest absolute Gasteiger partial charge is 0.309 e. The van der Waals surface area contributed by atoms with Gasteiger partial charge in [0.1, 0.15) is 0 Å². The van der Waals surface area contributed by atoms with E-state index in [0.717, 1.165) is 13.1 Å². The lowest BCUT2D eigenvalue weighted by Gasteiger charge is -2.45. The molecular weight excluding hydrogens is 252 g/mol. The van der Waals surface area contributed by atoms with Gasteiger partial charge in [0, 0.05) is 42.0 Å². The smallest absolute Gasteiger partial charge is 0.0304 e. The van der Waals surface area contributed by atoms with Crippen LogP contribution in [0.3, 0.4) is 0 Å². The van der Waals surface area contributed by atoms with Crippen molar-refractivity contribution in [3.8, 4) is 0 Å². The molecule has 108 valence electrons. The van der Waals surface area contributed by atoms with Gasteiger partial charge in [-0.05, 0) is 24.3 Å². The molecule has 0 saturated carbocycles. The third-order valence-electron chi connectivity index (χ3n) is 4.61. The molecule has 0 radical (unpaired) electrons. The van der Waals surface area contributed by atoms with E-state index in [0.29, 0.717) is 5.54 Å². The van der Waals surface area contributed by atoms with Gasteiger partial charge in [0.15, 0.2) is 0 Å². The molecule has 2 heterocycles. The molecule has 1 aliphatic rings. The molecule has 1 N–H and O–H groups in total. The highest BCUT2D eigenvalue weighted by atomic mass is 32.1. The molecule has 0 atom stereocenters. The monoisotopic (exact) mass is 280 g/mol. The van der Waals surface area contributed by atoms with Gasteiger partial charge < -0.3 is 5.32 Å². The Labute approximate surface area is 122 Å². The summed E-state index contributed by atoms with van der Waals surface area (Å²) in [4.78, 5) is 4.16. The molecule has 2 rings (SSSR count). The molecular formula is C16H28N2S. The highest BCUT2D eigenvalue weighted by Crippen LogP contribution is 2.30. The van der Waals surface area contributed by atoms with Gasteiger partial charge >= 0.3 is 0 Å². The highest BCUT2D eigenvalue weighted by molar-refractivity contribution is 7.10. The van der Waals surface area contributed by atoms with Crippen molar-refractivity contribution in [2.75, 3.05) is 26.2 Å². The van der Waals surface area contributed by atoms with Crippen molar-refractivity contribution in [2.24, 2.45) is 0 Å². The first-order valence-corrected chi connectivity index (χ1v) is 8.41. The molecule has 0 amide bonds. The first-order valence-electron chi connectivity index (χ1n) is 7.53. The van der Waals surface area contributed by atoms with Crippen molar-refractivity contribution >= 4 is 11.3 Å². The summed E-state index contributed by atoms with van der Waals surface area (Å²) in [5, 5.41) is 5.94. The van der Waals surface area contributed by atoms with Gasteiger partial charge in [-0.2, -0.15) is 0 Å². The van der Waals surface area contributed by atoms with Crippen LogP contribution in [-0.2, 0) is 5.41 Å². The minimum absolute atomic E-state index is 0.263. The van der Waals surface area contributed by atoms with E-state index >= 15 is 0 Å². The fourth-order valence-electron chi connectivity index (χ4n) is 3.20. The Balaban J connectivity index is 2.03. The zero-order valence-electron chi connectivity index (χ0n) is 12.8. The Bertz CT molecular complexity index is 379. The number of piperazine rings is 1. The van der Waals surface area contributed by atoms with Gasteiger partial charge in [-0.15, -0.1) is 11.3 Å². The number of hydrogen-bond acceptors (Lipinski definition) is 3. The molecule has 1 saturated heterocycles. The van der Waals surface area contributed by atoms with Crippen molar-refractivity contribution in [2.45, 2.75) is 51.5 Å². The minimum Gasteiger partial charge on any atom is -0.309 e. The number of nitrogens with zero attached hydrogens (tertiary/aromatic N) is 1. The van der Waals surface area contributed by atoms with Gasteiger partial charge in [-0.1, -0.05) is 33.8 Å². The van der Waals surface area contributed by atoms with Gasteiger partial charge in [-0.3, -0.25) is 4.90 Å². The van der Waals surface area contributed by atoms with Crippen LogP contribution in [0.1, 0.15) is 45.4 Å². The summed E-state index contributed by atoms with van der Waals surface area (Å²) < 4.78 is 0. The maximum absolute atomic E-state index is 3.74. The van der Waals surface area contributed by atoms with Crippen LogP contribution in [0.2, 0.25) is 0 Å². The lowest BCUT2D eigenvalue weighted by molar-refractivity contribution is 0.106. The lowest BCUT2D eigenvalue weighted by atomic mass is 9.86. The second kappa shape index (κ2) is 5.94. The molecule has 0 bridgehead atoms. The standard InChI is InChI=1S/C16H28N2S/c1-5-16(6-2)13-18(10-9-17-16)12-15(3,4)14-8-7-11-19-14/h7-8,11,17H,5-6,9-10,12-13H2,1-4H3. The summed E-state index contributed by atoms with van der Waals surface area (Å²) in [6.45, 7) is 14.0. The van der Waals surface area contributed by atoms with E-state index in [4.69, 9.17) is 0 Å². The summed E-state index contributed by atoms with van der Waals surface area (Å²) in [5.41, 5.74) is 0.600. The maximum Gasteiger partial charge on any atom is 0.0304 e. The van der Waals surface area contributed by atoms with Crippen LogP contribution < -0.4 is 5.32 Å². The SMILES string of the molecule is CCC1(CC)CN(CC(C)(C)c2cccs2)CCN1. The third-order valence-corrected chi connectivity index (χ3v) is 5.85. The topological polar surface area (TPSA) is 15.3 Å². The zero-order chi connectivity index (χ0) is 13.9. The Hall–Kier alpha value is -0.380. The lowest BCUT2D eigenvalue weighted by Crippen LogP contribution is -2.61. The molecule has 0 spiro atoms. The van der Waals surface area contributed by atoms with E-state index in [1.54, 1.807) is 0 Å². The van der Waals surface area contributed by atoms with Crippen LogP contribution in [0.4, 0.5) is 0 Å². The van der Waals surface area contributed by atoms with Crippen molar-refractivity contribution in [3.05, 3.63) is 22.4 Å². The van der Waals surface area contributed by atoms with Gasteiger partial charge in [0.2, 0.25) is 0 Å². The zero-order valence-corrected chi connectivity index (χ0v) is 13.6. The number of nitrogens with one attached hydrogen (secondary N) is 1. The second-order valence-corrected chi connectivity index (χ2v) is 7.43. The van der Waals surface area contributed by atoms with E-state index in [1.165, 1.54) is 30.8 Å². The van der Waals surface area contributed by atoms with Crippen molar-refractivity contribution < 1.29 is 0 Å². The maximum atomic E-state index is 3.74. The van der Waals surface area contributed by atoms with E-state index in [-0.39, 0.29) is 5.41 Å².